The van der Waals surface area contributed by atoms with Gasteiger partial charge in [-0.2, -0.15) is 14.9 Å². The van der Waals surface area contributed by atoms with Crippen LogP contribution in [0.4, 0.5) is 0 Å². The molecule has 0 fully saturated rings. The molecule has 0 spiro atoms. The maximum absolute atomic E-state index is 5.52. The van der Waals surface area contributed by atoms with Crippen molar-refractivity contribution in [2.45, 2.75) is 6.92 Å². The predicted molar refractivity (Wildman–Crippen MR) is 97.9 cm³/mol. The molecule has 0 amide bonds. The Morgan fingerprint density at radius 2 is 2.25 bits per heavy atom. The highest BCUT2D eigenvalue weighted by Gasteiger charge is 2.09. The molecule has 0 aliphatic rings. The van der Waals surface area contributed by atoms with Crippen LogP contribution in [-0.4, -0.2) is 34.8 Å². The van der Waals surface area contributed by atoms with Crippen molar-refractivity contribution in [1.29, 1.82) is 0 Å². The minimum atomic E-state index is 0.438. The molecule has 3 rings (SSSR count). The minimum absolute atomic E-state index is 0.438. The van der Waals surface area contributed by atoms with Gasteiger partial charge in [-0.25, -0.2) is 5.10 Å². The van der Waals surface area contributed by atoms with Gasteiger partial charge >= 0.3 is 0 Å². The van der Waals surface area contributed by atoms with Crippen LogP contribution < -0.4 is 9.47 Å². The second-order valence-electron chi connectivity index (χ2n) is 4.73. The molecule has 124 valence electrons. The second-order valence-corrected chi connectivity index (χ2v) is 6.06. The van der Waals surface area contributed by atoms with Crippen LogP contribution in [0.3, 0.4) is 0 Å². The topological polar surface area (TPSA) is 64.4 Å². The van der Waals surface area contributed by atoms with Crippen LogP contribution in [0, 0.1) is 4.77 Å². The first-order chi connectivity index (χ1) is 11.7. The molecule has 2 heterocycles. The van der Waals surface area contributed by atoms with Crippen molar-refractivity contribution in [1.82, 2.24) is 14.9 Å². The third-order valence-electron chi connectivity index (χ3n) is 3.20. The van der Waals surface area contributed by atoms with E-state index in [2.05, 4.69) is 15.3 Å². The van der Waals surface area contributed by atoms with E-state index in [-0.39, 0.29) is 0 Å². The van der Waals surface area contributed by atoms with E-state index in [1.165, 1.54) is 0 Å². The SMILES string of the molecule is CCOc1ccc(/C=N/n2c(-c3cccs3)n[nH]c2=S)cc1OC. The summed E-state index contributed by atoms with van der Waals surface area (Å²) in [6.07, 6.45) is 1.71. The van der Waals surface area contributed by atoms with Crippen molar-refractivity contribution in [3.8, 4) is 22.2 Å². The summed E-state index contributed by atoms with van der Waals surface area (Å²) in [4.78, 5) is 0.990. The molecule has 0 radical (unpaired) electrons. The van der Waals surface area contributed by atoms with Gasteiger partial charge in [0.15, 0.2) is 17.3 Å². The summed E-state index contributed by atoms with van der Waals surface area (Å²) in [7, 11) is 1.61. The zero-order valence-electron chi connectivity index (χ0n) is 13.2. The van der Waals surface area contributed by atoms with Gasteiger partial charge < -0.3 is 9.47 Å². The quantitative estimate of drug-likeness (QED) is 0.534. The molecule has 24 heavy (non-hydrogen) atoms. The number of methoxy groups -OCH3 is 1. The predicted octanol–water partition coefficient (Wildman–Crippen LogP) is 3.96. The molecule has 0 bridgehead atoms. The highest BCUT2D eigenvalue weighted by Crippen LogP contribution is 2.27. The number of H-pyrrole nitrogens is 1. The van der Waals surface area contributed by atoms with Crippen molar-refractivity contribution >= 4 is 29.8 Å². The number of hydrogen-bond donors (Lipinski definition) is 1. The van der Waals surface area contributed by atoms with E-state index in [1.807, 2.05) is 42.6 Å². The maximum Gasteiger partial charge on any atom is 0.216 e. The zero-order valence-corrected chi connectivity index (χ0v) is 14.9. The molecule has 0 saturated carbocycles. The molecule has 0 atom stereocenters. The molecule has 0 aliphatic heterocycles. The van der Waals surface area contributed by atoms with Crippen LogP contribution in [0.2, 0.25) is 0 Å². The Balaban J connectivity index is 1.92. The van der Waals surface area contributed by atoms with Gasteiger partial charge in [-0.3, -0.25) is 0 Å². The van der Waals surface area contributed by atoms with Gasteiger partial charge in [-0.1, -0.05) is 6.07 Å². The van der Waals surface area contributed by atoms with Crippen LogP contribution in [-0.2, 0) is 0 Å². The maximum atomic E-state index is 5.52. The number of nitrogens with zero attached hydrogens (tertiary/aromatic N) is 3. The highest BCUT2D eigenvalue weighted by molar-refractivity contribution is 7.71. The molecule has 3 aromatic rings. The van der Waals surface area contributed by atoms with Gasteiger partial charge in [0.05, 0.1) is 24.8 Å². The second kappa shape index (κ2) is 7.41. The Morgan fingerprint density at radius 1 is 1.38 bits per heavy atom. The van der Waals surface area contributed by atoms with E-state index in [4.69, 9.17) is 21.7 Å². The average Bonchev–Trinajstić information content (AvgIpc) is 3.24. The number of hydrogen-bond acceptors (Lipinski definition) is 6. The molecule has 0 unspecified atom stereocenters. The van der Waals surface area contributed by atoms with Gasteiger partial charge in [0.2, 0.25) is 4.77 Å². The molecule has 1 N–H and O–H groups in total. The number of rotatable bonds is 6. The van der Waals surface area contributed by atoms with Crippen molar-refractivity contribution in [3.63, 3.8) is 0 Å². The summed E-state index contributed by atoms with van der Waals surface area (Å²) >= 11 is 6.84. The van der Waals surface area contributed by atoms with Crippen LogP contribution in [0.15, 0.2) is 40.8 Å². The first kappa shape index (κ1) is 16.4. The molecule has 0 aliphatic carbocycles. The van der Waals surface area contributed by atoms with E-state index in [0.29, 0.717) is 28.7 Å². The van der Waals surface area contributed by atoms with Crippen molar-refractivity contribution < 1.29 is 9.47 Å². The number of benzene rings is 1. The monoisotopic (exact) mass is 360 g/mol. The summed E-state index contributed by atoms with van der Waals surface area (Å²) in [6.45, 7) is 2.51. The first-order valence-electron chi connectivity index (χ1n) is 7.29. The molecular formula is C16H16N4O2S2. The van der Waals surface area contributed by atoms with E-state index < -0.39 is 0 Å². The lowest BCUT2D eigenvalue weighted by Crippen LogP contribution is -1.97. The molecule has 8 heteroatoms. The Hall–Kier alpha value is -2.45. The number of aromatic nitrogens is 3. The van der Waals surface area contributed by atoms with Crippen LogP contribution in [0.25, 0.3) is 10.7 Å². The largest absolute Gasteiger partial charge is 0.493 e. The fraction of sp³-hybridized carbons (Fsp3) is 0.188. The fourth-order valence-electron chi connectivity index (χ4n) is 2.13. The first-order valence-corrected chi connectivity index (χ1v) is 8.58. The summed E-state index contributed by atoms with van der Waals surface area (Å²) in [6, 6.07) is 9.57. The molecule has 0 saturated heterocycles. The van der Waals surface area contributed by atoms with Gasteiger partial charge in [0.25, 0.3) is 0 Å². The average molecular weight is 360 g/mol. The number of ether oxygens (including phenoxy) is 2. The van der Waals surface area contributed by atoms with Crippen LogP contribution in [0.1, 0.15) is 12.5 Å². The Kier molecular flexibility index (Phi) is 5.07. The highest BCUT2D eigenvalue weighted by atomic mass is 32.1. The van der Waals surface area contributed by atoms with Crippen molar-refractivity contribution in [2.24, 2.45) is 5.10 Å². The third kappa shape index (κ3) is 3.39. The van der Waals surface area contributed by atoms with Crippen LogP contribution in [0.5, 0.6) is 11.5 Å². The van der Waals surface area contributed by atoms with Crippen molar-refractivity contribution in [2.75, 3.05) is 13.7 Å². The lowest BCUT2D eigenvalue weighted by Gasteiger charge is -2.09. The van der Waals surface area contributed by atoms with E-state index >= 15 is 0 Å². The molecule has 2 aromatic heterocycles. The van der Waals surface area contributed by atoms with Gasteiger partial charge in [-0.15, -0.1) is 11.3 Å². The van der Waals surface area contributed by atoms with Gasteiger partial charge in [0.1, 0.15) is 0 Å². The van der Waals surface area contributed by atoms with Crippen molar-refractivity contribution in [3.05, 3.63) is 46.0 Å². The summed E-state index contributed by atoms with van der Waals surface area (Å²) in [5.74, 6) is 2.05. The number of thiophene rings is 1. The van der Waals surface area contributed by atoms with E-state index in [9.17, 15) is 0 Å². The zero-order chi connectivity index (χ0) is 16.9. The normalized spacial score (nSPS) is 11.1. The van der Waals surface area contributed by atoms with Gasteiger partial charge in [-0.05, 0) is 54.4 Å². The Bertz CT molecular complexity index is 897. The fourth-order valence-corrected chi connectivity index (χ4v) is 3.01. The molecule has 1 aromatic carbocycles. The lowest BCUT2D eigenvalue weighted by molar-refractivity contribution is 0.311. The lowest BCUT2D eigenvalue weighted by atomic mass is 10.2. The summed E-state index contributed by atoms with van der Waals surface area (Å²) in [5, 5.41) is 13.4. The third-order valence-corrected chi connectivity index (χ3v) is 4.33. The standard InChI is InChI=1S/C16H16N4O2S2/c1-3-22-12-7-6-11(9-13(12)21-2)10-17-20-15(18-19-16(20)23)14-5-4-8-24-14/h4-10H,3H2,1-2H3,(H,19,23)/b17-10+. The molecule has 6 nitrogen and oxygen atoms in total. The van der Waals surface area contributed by atoms with Crippen LogP contribution >= 0.6 is 23.6 Å². The molecular weight excluding hydrogens is 344 g/mol. The Labute approximate surface area is 148 Å². The Morgan fingerprint density at radius 3 is 2.96 bits per heavy atom. The summed E-state index contributed by atoms with van der Waals surface area (Å²) < 4.78 is 12.9. The number of nitrogens with one attached hydrogen (secondary N) is 1. The number of aromatic amines is 1. The smallest absolute Gasteiger partial charge is 0.216 e. The van der Waals surface area contributed by atoms with E-state index in [0.717, 1.165) is 10.4 Å². The summed E-state index contributed by atoms with van der Waals surface area (Å²) in [5.41, 5.74) is 0.871. The van der Waals surface area contributed by atoms with E-state index in [1.54, 1.807) is 29.3 Å². The van der Waals surface area contributed by atoms with Gasteiger partial charge in [0, 0.05) is 0 Å². The minimum Gasteiger partial charge on any atom is -0.493 e.